The molecule has 0 atom stereocenters. The number of aryl methyl sites for hydroxylation is 1. The molecule has 0 saturated heterocycles. The van der Waals surface area contributed by atoms with Gasteiger partial charge in [0.15, 0.2) is 13.6 Å². The van der Waals surface area contributed by atoms with Crippen LogP contribution < -0.4 is 9.47 Å². The van der Waals surface area contributed by atoms with Gasteiger partial charge in [0.05, 0.1) is 0 Å². The van der Waals surface area contributed by atoms with Crippen molar-refractivity contribution < 1.29 is 23.7 Å². The van der Waals surface area contributed by atoms with Gasteiger partial charge in [0, 0.05) is 25.7 Å². The number of hydrogen-bond donors (Lipinski definition) is 0. The first kappa shape index (κ1) is 23.6. The summed E-state index contributed by atoms with van der Waals surface area (Å²) < 4.78 is 21.9. The van der Waals surface area contributed by atoms with Gasteiger partial charge in [-0.3, -0.25) is 0 Å². The summed E-state index contributed by atoms with van der Waals surface area (Å²) in [5.74, 6) is 1.36. The van der Waals surface area contributed by atoms with E-state index in [0.717, 1.165) is 36.7 Å². The third-order valence-electron chi connectivity index (χ3n) is 4.39. The molecule has 162 valence electrons. The van der Waals surface area contributed by atoms with Gasteiger partial charge in [-0.25, -0.2) is 0 Å². The highest BCUT2D eigenvalue weighted by Gasteiger charge is 2.03. The van der Waals surface area contributed by atoms with E-state index >= 15 is 0 Å². The lowest BCUT2D eigenvalue weighted by atomic mass is 10.0. The number of ether oxygens (including phenoxy) is 4. The van der Waals surface area contributed by atoms with Crippen LogP contribution in [0.25, 0.3) is 12.2 Å². The van der Waals surface area contributed by atoms with Gasteiger partial charge in [0.25, 0.3) is 0 Å². The van der Waals surface area contributed by atoms with Crippen molar-refractivity contribution in [3.05, 3.63) is 59.2 Å². The van der Waals surface area contributed by atoms with E-state index < -0.39 is 0 Å². The first-order valence-corrected chi connectivity index (χ1v) is 10.5. The molecule has 0 radical (unpaired) electrons. The van der Waals surface area contributed by atoms with E-state index in [0.29, 0.717) is 31.1 Å². The Kier molecular flexibility index (Phi) is 11.3. The van der Waals surface area contributed by atoms with E-state index in [1.54, 1.807) is 0 Å². The summed E-state index contributed by atoms with van der Waals surface area (Å²) in [7, 11) is 0. The number of aldehydes is 1. The molecular weight excluding hydrogens is 380 g/mol. The number of carbonyl (C=O) groups excluding carboxylic acids is 1. The molecule has 0 aromatic heterocycles. The Labute approximate surface area is 179 Å². The highest BCUT2D eigenvalue weighted by Crippen LogP contribution is 2.25. The molecule has 2 rings (SSSR count). The Morgan fingerprint density at radius 1 is 0.800 bits per heavy atom. The Hall–Kier alpha value is -2.63. The second-order valence-corrected chi connectivity index (χ2v) is 6.74. The monoisotopic (exact) mass is 412 g/mol. The molecule has 2 aromatic carbocycles. The van der Waals surface area contributed by atoms with Crippen molar-refractivity contribution in [2.75, 3.05) is 26.8 Å². The molecule has 0 aliphatic carbocycles. The zero-order valence-corrected chi connectivity index (χ0v) is 18.0. The van der Waals surface area contributed by atoms with Crippen molar-refractivity contribution in [1.82, 2.24) is 0 Å². The molecule has 0 N–H and O–H groups in total. The van der Waals surface area contributed by atoms with Crippen LogP contribution in [0.5, 0.6) is 11.5 Å². The van der Waals surface area contributed by atoms with E-state index in [4.69, 9.17) is 18.9 Å². The molecule has 0 aliphatic rings. The van der Waals surface area contributed by atoms with Crippen molar-refractivity contribution in [1.29, 1.82) is 0 Å². The third-order valence-corrected chi connectivity index (χ3v) is 4.39. The predicted molar refractivity (Wildman–Crippen MR) is 120 cm³/mol. The molecule has 30 heavy (non-hydrogen) atoms. The van der Waals surface area contributed by atoms with Crippen molar-refractivity contribution in [3.8, 4) is 11.5 Å². The molecule has 0 fully saturated rings. The highest BCUT2D eigenvalue weighted by molar-refractivity contribution is 5.71. The molecule has 5 heteroatoms. The van der Waals surface area contributed by atoms with Crippen LogP contribution in [0.15, 0.2) is 42.5 Å². The standard InChI is InChI=1S/C25H32O5/c1-3-27-19-29-24-16-23(17-25(18-24)30-20-28-4-2)13-12-22-11-8-10-21(15-22)9-6-5-7-14-26/h8,10-18H,3-7,9,19-20H2,1-2H3/b13-12+. The van der Waals surface area contributed by atoms with Gasteiger partial charge in [-0.05, 0) is 61.9 Å². The average molecular weight is 413 g/mol. The number of rotatable bonds is 15. The quantitative estimate of drug-likeness (QED) is 0.167. The molecule has 0 amide bonds. The van der Waals surface area contributed by atoms with Crippen molar-refractivity contribution in [2.45, 2.75) is 39.5 Å². The van der Waals surface area contributed by atoms with E-state index in [1.165, 1.54) is 5.56 Å². The third kappa shape index (κ3) is 9.25. The van der Waals surface area contributed by atoms with Crippen LogP contribution in [0.4, 0.5) is 0 Å². The van der Waals surface area contributed by atoms with Gasteiger partial charge in [0.2, 0.25) is 0 Å². The Bertz CT molecular complexity index is 757. The molecule has 0 aliphatic heterocycles. The van der Waals surface area contributed by atoms with Gasteiger partial charge < -0.3 is 23.7 Å². The fourth-order valence-corrected chi connectivity index (χ4v) is 2.84. The van der Waals surface area contributed by atoms with Crippen molar-refractivity contribution in [3.63, 3.8) is 0 Å². The maximum absolute atomic E-state index is 10.4. The summed E-state index contributed by atoms with van der Waals surface area (Å²) >= 11 is 0. The fourth-order valence-electron chi connectivity index (χ4n) is 2.84. The van der Waals surface area contributed by atoms with Gasteiger partial charge in [-0.1, -0.05) is 36.4 Å². The largest absolute Gasteiger partial charge is 0.467 e. The summed E-state index contributed by atoms with van der Waals surface area (Å²) in [5, 5.41) is 0. The van der Waals surface area contributed by atoms with E-state index in [2.05, 4.69) is 30.3 Å². The summed E-state index contributed by atoms with van der Waals surface area (Å²) in [6.45, 7) is 5.43. The summed E-state index contributed by atoms with van der Waals surface area (Å²) in [6, 6.07) is 14.2. The zero-order chi connectivity index (χ0) is 21.4. The second kappa shape index (κ2) is 14.4. The lowest BCUT2D eigenvalue weighted by molar-refractivity contribution is -0.107. The van der Waals surface area contributed by atoms with Crippen LogP contribution in [-0.4, -0.2) is 33.1 Å². The number of carbonyl (C=O) groups is 1. The molecule has 0 saturated carbocycles. The van der Waals surface area contributed by atoms with Crippen LogP contribution in [0, 0.1) is 0 Å². The molecule has 0 spiro atoms. The SMILES string of the molecule is CCOCOc1cc(/C=C/c2cccc(CCCCC=O)c2)cc(OCOCC)c1. The minimum Gasteiger partial charge on any atom is -0.467 e. The minimum atomic E-state index is 0.195. The highest BCUT2D eigenvalue weighted by atomic mass is 16.7. The predicted octanol–water partition coefficient (Wildman–Crippen LogP) is 5.51. The average Bonchev–Trinajstić information content (AvgIpc) is 2.76. The zero-order valence-electron chi connectivity index (χ0n) is 18.0. The molecule has 0 bridgehead atoms. The van der Waals surface area contributed by atoms with Gasteiger partial charge in [0.1, 0.15) is 17.8 Å². The van der Waals surface area contributed by atoms with Crippen LogP contribution in [-0.2, 0) is 20.7 Å². The van der Waals surface area contributed by atoms with Crippen LogP contribution in [0.3, 0.4) is 0 Å². The maximum Gasteiger partial charge on any atom is 0.189 e. The van der Waals surface area contributed by atoms with Crippen molar-refractivity contribution >= 4 is 18.4 Å². The first-order valence-electron chi connectivity index (χ1n) is 10.5. The Morgan fingerprint density at radius 2 is 1.47 bits per heavy atom. The molecular formula is C25H32O5. The maximum atomic E-state index is 10.4. The molecule has 2 aromatic rings. The Balaban J connectivity index is 2.08. The second-order valence-electron chi connectivity index (χ2n) is 6.74. The smallest absolute Gasteiger partial charge is 0.189 e. The first-order chi connectivity index (χ1) is 14.7. The van der Waals surface area contributed by atoms with Gasteiger partial charge in [-0.2, -0.15) is 0 Å². The normalized spacial score (nSPS) is 11.0. The summed E-state index contributed by atoms with van der Waals surface area (Å²) in [4.78, 5) is 10.4. The number of unbranched alkanes of at least 4 members (excludes halogenated alkanes) is 2. The topological polar surface area (TPSA) is 54.0 Å². The van der Waals surface area contributed by atoms with Gasteiger partial charge in [-0.15, -0.1) is 0 Å². The van der Waals surface area contributed by atoms with E-state index in [9.17, 15) is 4.79 Å². The summed E-state index contributed by atoms with van der Waals surface area (Å²) in [5.41, 5.74) is 3.37. The van der Waals surface area contributed by atoms with Crippen LogP contribution in [0.1, 0.15) is 49.8 Å². The molecule has 5 nitrogen and oxygen atoms in total. The minimum absolute atomic E-state index is 0.195. The molecule has 0 unspecified atom stereocenters. The number of benzene rings is 2. The summed E-state index contributed by atoms with van der Waals surface area (Å²) in [6.07, 6.45) is 8.65. The van der Waals surface area contributed by atoms with E-state index in [-0.39, 0.29) is 13.6 Å². The van der Waals surface area contributed by atoms with Gasteiger partial charge >= 0.3 is 0 Å². The lowest BCUT2D eigenvalue weighted by Gasteiger charge is -2.11. The molecule has 0 heterocycles. The van der Waals surface area contributed by atoms with E-state index in [1.807, 2.05) is 38.1 Å². The van der Waals surface area contributed by atoms with Crippen molar-refractivity contribution in [2.24, 2.45) is 0 Å². The number of hydrogen-bond acceptors (Lipinski definition) is 5. The Morgan fingerprint density at radius 3 is 2.10 bits per heavy atom. The van der Waals surface area contributed by atoms with Crippen LogP contribution >= 0.6 is 0 Å². The lowest BCUT2D eigenvalue weighted by Crippen LogP contribution is -2.04. The fraction of sp³-hybridized carbons (Fsp3) is 0.400. The van der Waals surface area contributed by atoms with Crippen LogP contribution in [0.2, 0.25) is 0 Å².